The molecule has 0 amide bonds. The SMILES string of the molecule is [C-]#[N+]c1c(-n2c3ccc(N(c4ccccc4)c4ccccc4)cc3c3c4ccccc4ccc32)cc(C#N)cc1-n1c2ccc(N(c3ccccc3)c3ccccc3)cc2c2c3ccccc3ccc21. The molecular weight excluding hydrogens is 853 g/mol. The van der Waals surface area contributed by atoms with Crippen molar-refractivity contribution < 1.29 is 0 Å². The van der Waals surface area contributed by atoms with Crippen LogP contribution in [0.4, 0.5) is 39.8 Å². The van der Waals surface area contributed by atoms with Crippen LogP contribution < -0.4 is 9.80 Å². The first-order valence-electron chi connectivity index (χ1n) is 23.4. The number of fused-ring (bicyclic) bond motifs is 10. The highest BCUT2D eigenvalue weighted by molar-refractivity contribution is 6.24. The molecule has 0 radical (unpaired) electrons. The molecule has 0 unspecified atom stereocenters. The molecule has 13 aromatic rings. The van der Waals surface area contributed by atoms with E-state index in [9.17, 15) is 5.26 Å². The largest absolute Gasteiger partial charge is 0.319 e. The van der Waals surface area contributed by atoms with Crippen molar-refractivity contribution in [1.82, 2.24) is 9.13 Å². The van der Waals surface area contributed by atoms with Gasteiger partial charge in [0.25, 0.3) is 0 Å². The van der Waals surface area contributed by atoms with Gasteiger partial charge in [-0.1, -0.05) is 133 Å². The Bertz CT molecular complexity index is 3920. The number of aromatic nitrogens is 2. The van der Waals surface area contributed by atoms with Gasteiger partial charge in [0.15, 0.2) is 0 Å². The van der Waals surface area contributed by atoms with Gasteiger partial charge in [0.1, 0.15) is 0 Å². The summed E-state index contributed by atoms with van der Waals surface area (Å²) in [4.78, 5) is 9.00. The lowest BCUT2D eigenvalue weighted by molar-refractivity contribution is 1.14. The Labute approximate surface area is 404 Å². The molecule has 0 aliphatic heterocycles. The predicted octanol–water partition coefficient (Wildman–Crippen LogP) is 17.5. The van der Waals surface area contributed by atoms with Crippen LogP contribution in [0, 0.1) is 17.9 Å². The molecule has 0 fully saturated rings. The molecule has 0 bridgehead atoms. The summed E-state index contributed by atoms with van der Waals surface area (Å²) in [6.07, 6.45) is 0. The standard InChI is InChI=1S/C64H40N6/c1-66-64-60(69-56-36-32-50(67(46-20-6-2-7-21-46)47-22-8-3-9-23-47)40-54(56)62-52-28-16-14-18-44(52)30-34-58(62)69)38-43(42-65)39-61(64)70-57-37-33-51(68(48-24-10-4-11-25-48)49-26-12-5-13-27-49)41-55(57)63-53-29-17-15-19-45(53)31-35-59(63)70/h2-41H. The van der Waals surface area contributed by atoms with Crippen molar-refractivity contribution >= 4 is 105 Å². The molecule has 13 rings (SSSR count). The first-order chi connectivity index (χ1) is 34.7. The van der Waals surface area contributed by atoms with Gasteiger partial charge < -0.3 is 18.9 Å². The van der Waals surface area contributed by atoms with Gasteiger partial charge >= 0.3 is 0 Å². The van der Waals surface area contributed by atoms with Gasteiger partial charge in [0.05, 0.1) is 51.6 Å². The molecule has 11 aromatic carbocycles. The number of hydrogen-bond acceptors (Lipinski definition) is 3. The van der Waals surface area contributed by atoms with Crippen LogP contribution in [-0.2, 0) is 0 Å². The molecule has 0 aliphatic carbocycles. The van der Waals surface area contributed by atoms with E-state index >= 15 is 0 Å². The highest BCUT2D eigenvalue weighted by Gasteiger charge is 2.25. The maximum Gasteiger partial charge on any atom is 0.234 e. The molecule has 0 aliphatic rings. The molecule has 2 heterocycles. The second kappa shape index (κ2) is 16.5. The summed E-state index contributed by atoms with van der Waals surface area (Å²) in [6, 6.07) is 86.9. The molecule has 6 nitrogen and oxygen atoms in total. The zero-order chi connectivity index (χ0) is 46.7. The number of rotatable bonds is 8. The fourth-order valence-electron chi connectivity index (χ4n) is 10.7. The van der Waals surface area contributed by atoms with E-state index in [1.165, 1.54) is 0 Å². The Morgan fingerprint density at radius 2 is 0.714 bits per heavy atom. The fourth-order valence-corrected chi connectivity index (χ4v) is 10.7. The molecule has 2 aromatic heterocycles. The Balaban J connectivity index is 1.10. The number of anilines is 6. The van der Waals surface area contributed by atoms with Crippen molar-refractivity contribution in [2.75, 3.05) is 9.80 Å². The Kier molecular flexibility index (Phi) is 9.50. The smallest absolute Gasteiger partial charge is 0.234 e. The Morgan fingerprint density at radius 1 is 0.357 bits per heavy atom. The van der Waals surface area contributed by atoms with Crippen LogP contribution in [0.15, 0.2) is 243 Å². The third kappa shape index (κ3) is 6.40. The Morgan fingerprint density at radius 3 is 1.09 bits per heavy atom. The van der Waals surface area contributed by atoms with Gasteiger partial charge in [-0.05, 0) is 131 Å². The first kappa shape index (κ1) is 40.4. The van der Waals surface area contributed by atoms with Crippen LogP contribution in [0.2, 0.25) is 0 Å². The van der Waals surface area contributed by atoms with Gasteiger partial charge in [-0.2, -0.15) is 5.26 Å². The van der Waals surface area contributed by atoms with E-state index in [0.717, 1.165) is 99.3 Å². The number of para-hydroxylation sites is 4. The summed E-state index contributed by atoms with van der Waals surface area (Å²) < 4.78 is 4.40. The van der Waals surface area contributed by atoms with Crippen LogP contribution in [-0.4, -0.2) is 9.13 Å². The summed E-state index contributed by atoms with van der Waals surface area (Å²) in [5, 5.41) is 19.6. The fraction of sp³-hybridized carbons (Fsp3) is 0. The lowest BCUT2D eigenvalue weighted by atomic mass is 10.0. The van der Waals surface area contributed by atoms with Crippen LogP contribution >= 0.6 is 0 Å². The summed E-state index contributed by atoms with van der Waals surface area (Å²) >= 11 is 0. The number of nitriles is 1. The highest BCUT2D eigenvalue weighted by atomic mass is 15.2. The third-order valence-corrected chi connectivity index (χ3v) is 13.6. The average Bonchev–Trinajstić information content (AvgIpc) is 3.94. The molecule has 0 saturated heterocycles. The molecule has 326 valence electrons. The van der Waals surface area contributed by atoms with E-state index in [-0.39, 0.29) is 0 Å². The predicted molar refractivity (Wildman–Crippen MR) is 290 cm³/mol. The summed E-state index contributed by atoms with van der Waals surface area (Å²) in [5.74, 6) is 0. The Hall–Kier alpha value is -9.88. The van der Waals surface area contributed by atoms with Gasteiger partial charge in [-0.25, -0.2) is 4.85 Å². The second-order valence-electron chi connectivity index (χ2n) is 17.5. The van der Waals surface area contributed by atoms with Crippen LogP contribution in [0.3, 0.4) is 0 Å². The lowest BCUT2D eigenvalue weighted by Gasteiger charge is -2.25. The maximum atomic E-state index is 11.0. The van der Waals surface area contributed by atoms with E-state index in [2.05, 4.69) is 236 Å². The summed E-state index contributed by atoms with van der Waals surface area (Å²) in [7, 11) is 0. The molecule has 0 saturated carbocycles. The van der Waals surface area contributed by atoms with Gasteiger partial charge in [-0.15, -0.1) is 0 Å². The van der Waals surface area contributed by atoms with Crippen molar-refractivity contribution in [1.29, 1.82) is 5.26 Å². The number of nitrogens with zero attached hydrogens (tertiary/aromatic N) is 6. The van der Waals surface area contributed by atoms with E-state index in [4.69, 9.17) is 6.57 Å². The minimum absolute atomic E-state index is 0.441. The zero-order valence-corrected chi connectivity index (χ0v) is 37.8. The number of hydrogen-bond donors (Lipinski definition) is 0. The topological polar surface area (TPSA) is 44.5 Å². The minimum atomic E-state index is 0.441. The van der Waals surface area contributed by atoms with Crippen molar-refractivity contribution in [3.05, 3.63) is 260 Å². The average molecular weight is 893 g/mol. The van der Waals surface area contributed by atoms with Crippen molar-refractivity contribution in [2.45, 2.75) is 0 Å². The maximum absolute atomic E-state index is 11.0. The van der Waals surface area contributed by atoms with E-state index in [1.54, 1.807) is 0 Å². The van der Waals surface area contributed by atoms with Crippen LogP contribution in [0.5, 0.6) is 0 Å². The monoisotopic (exact) mass is 892 g/mol. The van der Waals surface area contributed by atoms with Gasteiger partial charge in [-0.3, -0.25) is 0 Å². The minimum Gasteiger partial charge on any atom is -0.319 e. The second-order valence-corrected chi connectivity index (χ2v) is 17.5. The quantitative estimate of drug-likeness (QED) is 0.143. The molecule has 0 atom stereocenters. The lowest BCUT2D eigenvalue weighted by Crippen LogP contribution is -2.09. The van der Waals surface area contributed by atoms with E-state index < -0.39 is 0 Å². The van der Waals surface area contributed by atoms with Gasteiger partial charge in [0, 0.05) is 55.7 Å². The molecule has 6 heteroatoms. The first-order valence-corrected chi connectivity index (χ1v) is 23.4. The van der Waals surface area contributed by atoms with Crippen molar-refractivity contribution in [2.24, 2.45) is 0 Å². The normalized spacial score (nSPS) is 11.4. The van der Waals surface area contributed by atoms with E-state index in [1.807, 2.05) is 36.4 Å². The summed E-state index contributed by atoms with van der Waals surface area (Å²) in [6.45, 7) is 9.12. The molecule has 70 heavy (non-hydrogen) atoms. The van der Waals surface area contributed by atoms with Crippen LogP contribution in [0.25, 0.3) is 81.4 Å². The van der Waals surface area contributed by atoms with Crippen molar-refractivity contribution in [3.8, 4) is 17.4 Å². The van der Waals surface area contributed by atoms with Crippen molar-refractivity contribution in [3.63, 3.8) is 0 Å². The molecule has 0 N–H and O–H groups in total. The molecule has 0 spiro atoms. The van der Waals surface area contributed by atoms with Crippen LogP contribution in [0.1, 0.15) is 5.56 Å². The third-order valence-electron chi connectivity index (χ3n) is 13.6. The zero-order valence-electron chi connectivity index (χ0n) is 37.8. The number of benzene rings is 11. The highest BCUT2D eigenvalue weighted by Crippen LogP contribution is 2.47. The van der Waals surface area contributed by atoms with Gasteiger partial charge in [0.2, 0.25) is 5.69 Å². The van der Waals surface area contributed by atoms with E-state index in [0.29, 0.717) is 22.6 Å². The summed E-state index contributed by atoms with van der Waals surface area (Å²) in [5.41, 5.74) is 12.1. The molecular formula is C64H40N6.